The maximum Gasteiger partial charge on any atom is 0.225 e. The van der Waals surface area contributed by atoms with E-state index in [2.05, 4.69) is 17.4 Å². The van der Waals surface area contributed by atoms with Gasteiger partial charge in [-0.15, -0.1) is 0 Å². The average molecular weight is 355 g/mol. The summed E-state index contributed by atoms with van der Waals surface area (Å²) in [6.45, 7) is 0. The molecule has 0 fully saturated rings. The van der Waals surface area contributed by atoms with Gasteiger partial charge in [-0.3, -0.25) is 4.79 Å². The maximum atomic E-state index is 12.6. The van der Waals surface area contributed by atoms with Crippen molar-refractivity contribution in [2.45, 2.75) is 12.3 Å². The monoisotopic (exact) mass is 355 g/mol. The molecule has 0 radical (unpaired) electrons. The molecule has 1 aliphatic heterocycles. The van der Waals surface area contributed by atoms with Crippen LogP contribution in [-0.2, 0) is 4.79 Å². The lowest BCUT2D eigenvalue weighted by molar-refractivity contribution is -0.120. The molecule has 1 atom stereocenters. The molecule has 0 bridgehead atoms. The fourth-order valence-electron chi connectivity index (χ4n) is 3.64. The molecule has 3 heteroatoms. The molecule has 0 saturated heterocycles. The number of methoxy groups -OCH3 is 1. The van der Waals surface area contributed by atoms with E-state index in [0.29, 0.717) is 6.42 Å². The van der Waals surface area contributed by atoms with E-state index in [9.17, 15) is 4.79 Å². The fraction of sp³-hybridized carbons (Fsp3) is 0.125. The normalized spacial score (nSPS) is 16.8. The lowest BCUT2D eigenvalue weighted by Crippen LogP contribution is -2.30. The Morgan fingerprint density at radius 2 is 1.41 bits per heavy atom. The molecule has 27 heavy (non-hydrogen) atoms. The third-order valence-corrected chi connectivity index (χ3v) is 4.94. The first kappa shape index (κ1) is 17.1. The van der Waals surface area contributed by atoms with Gasteiger partial charge in [0.1, 0.15) is 5.75 Å². The first-order valence-electron chi connectivity index (χ1n) is 9.05. The molecule has 1 unspecified atom stereocenters. The van der Waals surface area contributed by atoms with E-state index in [0.717, 1.165) is 33.7 Å². The summed E-state index contributed by atoms with van der Waals surface area (Å²) in [6, 6.07) is 28.3. The zero-order chi connectivity index (χ0) is 18.6. The lowest BCUT2D eigenvalue weighted by atomic mass is 9.79. The second kappa shape index (κ2) is 7.50. The predicted molar refractivity (Wildman–Crippen MR) is 108 cm³/mol. The Balaban J connectivity index is 1.91. The van der Waals surface area contributed by atoms with Gasteiger partial charge in [0, 0.05) is 12.3 Å². The summed E-state index contributed by atoms with van der Waals surface area (Å²) in [7, 11) is 1.66. The minimum Gasteiger partial charge on any atom is -0.497 e. The van der Waals surface area contributed by atoms with Crippen LogP contribution in [0.5, 0.6) is 5.75 Å². The van der Waals surface area contributed by atoms with Crippen molar-refractivity contribution in [3.05, 3.63) is 102 Å². The van der Waals surface area contributed by atoms with Crippen molar-refractivity contribution >= 4 is 17.2 Å². The second-order valence-electron chi connectivity index (χ2n) is 6.60. The number of hydrogen-bond acceptors (Lipinski definition) is 2. The first-order chi connectivity index (χ1) is 13.3. The number of amides is 1. The van der Waals surface area contributed by atoms with Crippen molar-refractivity contribution in [1.29, 1.82) is 0 Å². The van der Waals surface area contributed by atoms with Gasteiger partial charge in [0.25, 0.3) is 0 Å². The van der Waals surface area contributed by atoms with Crippen molar-refractivity contribution < 1.29 is 9.53 Å². The molecular formula is C24H21NO2. The second-order valence-corrected chi connectivity index (χ2v) is 6.60. The van der Waals surface area contributed by atoms with Crippen LogP contribution in [-0.4, -0.2) is 13.0 Å². The van der Waals surface area contributed by atoms with Gasteiger partial charge in [0.2, 0.25) is 5.91 Å². The molecule has 1 heterocycles. The van der Waals surface area contributed by atoms with E-state index in [4.69, 9.17) is 4.74 Å². The highest BCUT2D eigenvalue weighted by atomic mass is 16.5. The quantitative estimate of drug-likeness (QED) is 0.725. The Hall–Kier alpha value is -3.33. The molecule has 0 aromatic heterocycles. The highest BCUT2D eigenvalue weighted by Crippen LogP contribution is 2.42. The summed E-state index contributed by atoms with van der Waals surface area (Å²) in [4.78, 5) is 12.6. The van der Waals surface area contributed by atoms with Crippen LogP contribution in [0.2, 0.25) is 0 Å². The summed E-state index contributed by atoms with van der Waals surface area (Å²) in [5, 5.41) is 3.12. The Morgan fingerprint density at radius 3 is 2.00 bits per heavy atom. The van der Waals surface area contributed by atoms with Crippen LogP contribution in [0.1, 0.15) is 29.0 Å². The zero-order valence-electron chi connectivity index (χ0n) is 15.2. The summed E-state index contributed by atoms with van der Waals surface area (Å²) >= 11 is 0. The van der Waals surface area contributed by atoms with Crippen LogP contribution in [0.25, 0.3) is 11.3 Å². The standard InChI is InChI=1S/C24H21NO2/c1-27-20-14-12-17(13-15-20)21-16-22(26)25-24(19-10-6-3-7-11-19)23(21)18-8-4-2-5-9-18/h2-15,21H,16H2,1H3,(H,25,26). The van der Waals surface area contributed by atoms with Crippen LogP contribution in [0.3, 0.4) is 0 Å². The number of carbonyl (C=O) groups is 1. The highest BCUT2D eigenvalue weighted by molar-refractivity contribution is 6.04. The summed E-state index contributed by atoms with van der Waals surface area (Å²) in [5.41, 5.74) is 5.28. The van der Waals surface area contributed by atoms with Crippen LogP contribution in [0.15, 0.2) is 84.9 Å². The average Bonchev–Trinajstić information content (AvgIpc) is 2.74. The van der Waals surface area contributed by atoms with Crippen molar-refractivity contribution in [2.75, 3.05) is 7.11 Å². The predicted octanol–water partition coefficient (Wildman–Crippen LogP) is 4.87. The Kier molecular flexibility index (Phi) is 4.75. The van der Waals surface area contributed by atoms with Gasteiger partial charge in [-0.1, -0.05) is 72.8 Å². The van der Waals surface area contributed by atoms with E-state index in [-0.39, 0.29) is 11.8 Å². The third kappa shape index (κ3) is 3.49. The summed E-state index contributed by atoms with van der Waals surface area (Å²) in [6.07, 6.45) is 0.424. The van der Waals surface area contributed by atoms with Gasteiger partial charge in [-0.25, -0.2) is 0 Å². The highest BCUT2D eigenvalue weighted by Gasteiger charge is 2.30. The zero-order valence-corrected chi connectivity index (χ0v) is 15.2. The number of carbonyl (C=O) groups excluding carboxylic acids is 1. The van der Waals surface area contributed by atoms with Crippen LogP contribution >= 0.6 is 0 Å². The van der Waals surface area contributed by atoms with Crippen molar-refractivity contribution in [2.24, 2.45) is 0 Å². The maximum absolute atomic E-state index is 12.6. The Labute approximate surface area is 159 Å². The van der Waals surface area contributed by atoms with Crippen LogP contribution in [0, 0.1) is 0 Å². The first-order valence-corrected chi connectivity index (χ1v) is 9.05. The number of rotatable bonds is 4. The molecular weight excluding hydrogens is 334 g/mol. The lowest BCUT2D eigenvalue weighted by Gasteiger charge is -2.30. The molecule has 1 aliphatic rings. The van der Waals surface area contributed by atoms with Crippen molar-refractivity contribution in [3.8, 4) is 5.75 Å². The number of hydrogen-bond donors (Lipinski definition) is 1. The largest absolute Gasteiger partial charge is 0.497 e. The van der Waals surface area contributed by atoms with Crippen LogP contribution < -0.4 is 10.1 Å². The molecule has 1 N–H and O–H groups in total. The molecule has 1 amide bonds. The smallest absolute Gasteiger partial charge is 0.225 e. The van der Waals surface area contributed by atoms with Gasteiger partial charge in [0.15, 0.2) is 0 Å². The van der Waals surface area contributed by atoms with E-state index in [1.54, 1.807) is 7.11 Å². The van der Waals surface area contributed by atoms with Crippen molar-refractivity contribution in [3.63, 3.8) is 0 Å². The fourth-order valence-corrected chi connectivity index (χ4v) is 3.64. The molecule has 134 valence electrons. The van der Waals surface area contributed by atoms with Gasteiger partial charge >= 0.3 is 0 Å². The number of allylic oxidation sites excluding steroid dienone is 1. The van der Waals surface area contributed by atoms with Gasteiger partial charge in [-0.2, -0.15) is 0 Å². The van der Waals surface area contributed by atoms with Gasteiger partial charge < -0.3 is 10.1 Å². The topological polar surface area (TPSA) is 38.3 Å². The molecule has 0 aliphatic carbocycles. The minimum absolute atomic E-state index is 0.0118. The van der Waals surface area contributed by atoms with Gasteiger partial charge in [-0.05, 0) is 34.4 Å². The summed E-state index contributed by atoms with van der Waals surface area (Å²) in [5.74, 6) is 0.837. The van der Waals surface area contributed by atoms with E-state index in [1.807, 2.05) is 72.8 Å². The molecule has 3 aromatic carbocycles. The van der Waals surface area contributed by atoms with Crippen molar-refractivity contribution in [1.82, 2.24) is 5.32 Å². The SMILES string of the molecule is COc1ccc(C2CC(=O)NC(c3ccccc3)=C2c2ccccc2)cc1. The third-order valence-electron chi connectivity index (χ3n) is 4.94. The summed E-state index contributed by atoms with van der Waals surface area (Å²) < 4.78 is 5.29. The van der Waals surface area contributed by atoms with Crippen LogP contribution in [0.4, 0.5) is 0 Å². The molecule has 0 saturated carbocycles. The Morgan fingerprint density at radius 1 is 0.815 bits per heavy atom. The number of benzene rings is 3. The number of nitrogens with one attached hydrogen (secondary N) is 1. The van der Waals surface area contributed by atoms with E-state index in [1.165, 1.54) is 0 Å². The molecule has 4 rings (SSSR count). The van der Waals surface area contributed by atoms with Gasteiger partial charge in [0.05, 0.1) is 12.8 Å². The van der Waals surface area contributed by atoms with E-state index >= 15 is 0 Å². The molecule has 3 nitrogen and oxygen atoms in total. The molecule has 3 aromatic rings. The Bertz CT molecular complexity index is 960. The van der Waals surface area contributed by atoms with E-state index < -0.39 is 0 Å². The number of ether oxygens (including phenoxy) is 1. The molecule has 0 spiro atoms. The minimum atomic E-state index is -0.0118.